The number of aromatic nitrogens is 4. The van der Waals surface area contributed by atoms with Crippen LogP contribution in [0, 0.1) is 0 Å². The van der Waals surface area contributed by atoms with Crippen LogP contribution in [0.4, 0.5) is 5.82 Å². The number of aromatic amines is 1. The highest BCUT2D eigenvalue weighted by Crippen LogP contribution is 2.24. The molecule has 19 heavy (non-hydrogen) atoms. The molecule has 0 aliphatic rings. The summed E-state index contributed by atoms with van der Waals surface area (Å²) in [6, 6.07) is 3.28. The normalized spacial score (nSPS) is 10.9. The molecule has 0 saturated heterocycles. The van der Waals surface area contributed by atoms with Crippen LogP contribution in [0.25, 0.3) is 10.2 Å². The molecule has 0 atom stereocenters. The van der Waals surface area contributed by atoms with E-state index < -0.39 is 0 Å². The molecule has 0 fully saturated rings. The fraction of sp³-hybridized carbons (Fsp3) is 0.0909. The van der Waals surface area contributed by atoms with Gasteiger partial charge in [-0.1, -0.05) is 11.8 Å². The van der Waals surface area contributed by atoms with E-state index in [0.717, 1.165) is 10.2 Å². The average Bonchev–Trinajstić information content (AvgIpc) is 2.85. The quantitative estimate of drug-likeness (QED) is 0.562. The van der Waals surface area contributed by atoms with Crippen molar-refractivity contribution in [3.05, 3.63) is 39.9 Å². The Morgan fingerprint density at radius 2 is 2.26 bits per heavy atom. The molecule has 0 radical (unpaired) electrons. The van der Waals surface area contributed by atoms with Crippen molar-refractivity contribution in [2.75, 3.05) is 5.73 Å². The molecular weight excluding hydrogens is 282 g/mol. The second-order valence-electron chi connectivity index (χ2n) is 3.69. The first-order chi connectivity index (χ1) is 9.22. The number of nitrogen functional groups attached to an aromatic ring is 1. The Balaban J connectivity index is 1.83. The molecule has 3 N–H and O–H groups in total. The van der Waals surface area contributed by atoms with Gasteiger partial charge in [0.25, 0.3) is 5.56 Å². The minimum Gasteiger partial charge on any atom is -0.383 e. The SMILES string of the molecule is Nc1nc(CSc2nccc(=O)[nH]2)nc2sccc12. The fourth-order valence-corrected chi connectivity index (χ4v) is 3.04. The molecule has 3 aromatic rings. The highest BCUT2D eigenvalue weighted by atomic mass is 32.2. The number of fused-ring (bicyclic) bond motifs is 1. The van der Waals surface area contributed by atoms with Crippen molar-refractivity contribution in [2.45, 2.75) is 10.9 Å². The van der Waals surface area contributed by atoms with Crippen LogP contribution in [0.3, 0.4) is 0 Å². The zero-order valence-electron chi connectivity index (χ0n) is 9.66. The Kier molecular flexibility index (Phi) is 3.18. The molecule has 3 heterocycles. The van der Waals surface area contributed by atoms with Gasteiger partial charge < -0.3 is 10.7 Å². The lowest BCUT2D eigenvalue weighted by molar-refractivity contribution is 0.933. The van der Waals surface area contributed by atoms with Gasteiger partial charge in [-0.3, -0.25) is 4.79 Å². The largest absolute Gasteiger partial charge is 0.383 e. The summed E-state index contributed by atoms with van der Waals surface area (Å²) in [5, 5.41) is 3.36. The predicted octanol–water partition coefficient (Wildman–Crippen LogP) is 1.65. The van der Waals surface area contributed by atoms with Crippen molar-refractivity contribution in [3.63, 3.8) is 0 Å². The van der Waals surface area contributed by atoms with E-state index in [9.17, 15) is 4.79 Å². The van der Waals surface area contributed by atoms with E-state index in [4.69, 9.17) is 5.73 Å². The Hall–Kier alpha value is -1.93. The van der Waals surface area contributed by atoms with Gasteiger partial charge in [-0.2, -0.15) is 0 Å². The van der Waals surface area contributed by atoms with E-state index in [2.05, 4.69) is 19.9 Å². The van der Waals surface area contributed by atoms with Crippen LogP contribution in [-0.4, -0.2) is 19.9 Å². The molecule has 0 aliphatic carbocycles. The van der Waals surface area contributed by atoms with E-state index in [1.165, 1.54) is 35.4 Å². The van der Waals surface area contributed by atoms with Crippen molar-refractivity contribution < 1.29 is 0 Å². The molecule has 0 bridgehead atoms. The molecule has 3 aromatic heterocycles. The molecule has 3 rings (SSSR count). The standard InChI is InChI=1S/C11H9N5OS2/c12-9-6-2-4-18-10(6)15-7(14-9)5-19-11-13-3-1-8(17)16-11/h1-4H,5H2,(H2,12,14,15)(H,13,16,17). The Labute approximate surface area is 116 Å². The van der Waals surface area contributed by atoms with E-state index in [1.807, 2.05) is 11.4 Å². The highest BCUT2D eigenvalue weighted by molar-refractivity contribution is 7.98. The minimum atomic E-state index is -0.174. The van der Waals surface area contributed by atoms with Gasteiger partial charge in [-0.15, -0.1) is 11.3 Å². The van der Waals surface area contributed by atoms with E-state index in [-0.39, 0.29) is 5.56 Å². The summed E-state index contributed by atoms with van der Waals surface area (Å²) < 4.78 is 0. The molecular formula is C11H9N5OS2. The van der Waals surface area contributed by atoms with Gasteiger partial charge in [0.15, 0.2) is 5.16 Å². The smallest absolute Gasteiger partial charge is 0.251 e. The minimum absolute atomic E-state index is 0.174. The van der Waals surface area contributed by atoms with Crippen LogP contribution in [-0.2, 0) is 5.75 Å². The third kappa shape index (κ3) is 2.59. The Morgan fingerprint density at radius 3 is 3.11 bits per heavy atom. The maximum absolute atomic E-state index is 11.1. The number of hydrogen-bond acceptors (Lipinski definition) is 7. The van der Waals surface area contributed by atoms with E-state index >= 15 is 0 Å². The number of nitrogens with zero attached hydrogens (tertiary/aromatic N) is 3. The number of rotatable bonds is 3. The molecule has 0 saturated carbocycles. The maximum atomic E-state index is 11.1. The second-order valence-corrected chi connectivity index (χ2v) is 5.55. The first-order valence-electron chi connectivity index (χ1n) is 5.40. The lowest BCUT2D eigenvalue weighted by atomic mass is 10.4. The Bertz CT molecular complexity index is 782. The first-order valence-corrected chi connectivity index (χ1v) is 7.26. The Morgan fingerprint density at radius 1 is 1.37 bits per heavy atom. The van der Waals surface area contributed by atoms with Gasteiger partial charge in [0, 0.05) is 12.3 Å². The van der Waals surface area contributed by atoms with Crippen LogP contribution in [0.2, 0.25) is 0 Å². The van der Waals surface area contributed by atoms with Gasteiger partial charge in [-0.25, -0.2) is 15.0 Å². The van der Waals surface area contributed by atoms with Crippen molar-refractivity contribution in [1.82, 2.24) is 19.9 Å². The maximum Gasteiger partial charge on any atom is 0.251 e. The van der Waals surface area contributed by atoms with Gasteiger partial charge in [0.05, 0.1) is 11.1 Å². The number of anilines is 1. The molecule has 6 nitrogen and oxygen atoms in total. The third-order valence-electron chi connectivity index (χ3n) is 2.39. The monoisotopic (exact) mass is 291 g/mol. The number of nitrogens with two attached hydrogens (primary N) is 1. The number of thioether (sulfide) groups is 1. The molecule has 8 heteroatoms. The number of nitrogens with one attached hydrogen (secondary N) is 1. The fourth-order valence-electron chi connectivity index (χ4n) is 1.55. The summed E-state index contributed by atoms with van der Waals surface area (Å²) in [6.45, 7) is 0. The van der Waals surface area contributed by atoms with Gasteiger partial charge in [0.2, 0.25) is 0 Å². The lowest BCUT2D eigenvalue weighted by Gasteiger charge is -2.02. The van der Waals surface area contributed by atoms with Crippen molar-refractivity contribution in [2.24, 2.45) is 0 Å². The van der Waals surface area contributed by atoms with E-state index in [1.54, 1.807) is 0 Å². The summed E-state index contributed by atoms with van der Waals surface area (Å²) in [5.41, 5.74) is 5.69. The van der Waals surface area contributed by atoms with Crippen molar-refractivity contribution in [3.8, 4) is 0 Å². The number of thiophene rings is 1. The zero-order valence-corrected chi connectivity index (χ0v) is 11.3. The van der Waals surface area contributed by atoms with Gasteiger partial charge in [-0.05, 0) is 11.4 Å². The molecule has 96 valence electrons. The van der Waals surface area contributed by atoms with Crippen LogP contribution in [0.15, 0.2) is 33.7 Å². The van der Waals surface area contributed by atoms with Crippen LogP contribution < -0.4 is 11.3 Å². The van der Waals surface area contributed by atoms with Crippen LogP contribution in [0.1, 0.15) is 5.82 Å². The van der Waals surface area contributed by atoms with Crippen LogP contribution in [0.5, 0.6) is 0 Å². The van der Waals surface area contributed by atoms with Crippen LogP contribution >= 0.6 is 23.1 Å². The van der Waals surface area contributed by atoms with Crippen molar-refractivity contribution >= 4 is 39.1 Å². The number of H-pyrrole nitrogens is 1. The third-order valence-corrected chi connectivity index (χ3v) is 4.08. The summed E-state index contributed by atoms with van der Waals surface area (Å²) in [5.74, 6) is 1.62. The predicted molar refractivity (Wildman–Crippen MR) is 76.2 cm³/mol. The molecule has 0 aromatic carbocycles. The molecule has 0 amide bonds. The first kappa shape index (κ1) is 12.1. The molecule has 0 aliphatic heterocycles. The molecule has 0 spiro atoms. The zero-order chi connectivity index (χ0) is 13.2. The van der Waals surface area contributed by atoms with Gasteiger partial charge in [0.1, 0.15) is 16.5 Å². The second kappa shape index (κ2) is 4.98. The summed E-state index contributed by atoms with van der Waals surface area (Å²) in [7, 11) is 0. The summed E-state index contributed by atoms with van der Waals surface area (Å²) in [4.78, 5) is 27.4. The highest BCUT2D eigenvalue weighted by Gasteiger charge is 2.07. The van der Waals surface area contributed by atoms with Gasteiger partial charge >= 0.3 is 0 Å². The number of hydrogen-bond donors (Lipinski definition) is 2. The summed E-state index contributed by atoms with van der Waals surface area (Å²) in [6.07, 6.45) is 1.47. The van der Waals surface area contributed by atoms with E-state index in [0.29, 0.717) is 22.6 Å². The topological polar surface area (TPSA) is 97.5 Å². The lowest BCUT2D eigenvalue weighted by Crippen LogP contribution is -2.05. The van der Waals surface area contributed by atoms with Crippen molar-refractivity contribution in [1.29, 1.82) is 0 Å². The molecule has 0 unspecified atom stereocenters. The average molecular weight is 291 g/mol. The summed E-state index contributed by atoms with van der Waals surface area (Å²) >= 11 is 2.89.